The van der Waals surface area contributed by atoms with E-state index in [0.717, 1.165) is 0 Å². The van der Waals surface area contributed by atoms with Crippen molar-refractivity contribution >= 4 is 62.0 Å². The maximum absolute atomic E-state index is 13.1. The Hall–Kier alpha value is -7.90. The predicted octanol–water partition coefficient (Wildman–Crippen LogP) is 8.50. The number of para-hydroxylation sites is 2. The second-order valence-corrected chi connectivity index (χ2v) is 14.0. The summed E-state index contributed by atoms with van der Waals surface area (Å²) in [7, 11) is 0. The van der Waals surface area contributed by atoms with Crippen LogP contribution in [0, 0.1) is 11.8 Å². The summed E-state index contributed by atoms with van der Waals surface area (Å²) < 4.78 is 0. The van der Waals surface area contributed by atoms with Crippen LogP contribution in [0.2, 0.25) is 0 Å². The molecule has 2 aromatic heterocycles. The van der Waals surface area contributed by atoms with E-state index in [1.165, 1.54) is 6.07 Å². The molecule has 0 fully saturated rings. The standard InChI is InChI=1S/C23H15N3O4.C23H13N3O4.Zn/c2*27-20-12-6-1-2-7-13(12)21(28)18-15(20)9-5-11-17(18)25-26-19-22(29)14-8-3-4-10-16(14)24-23(19)30;/h1-11,15,18H,(H2,24,29,30);1-11H,(H2,24,29,30);. The molecule has 0 aliphatic heterocycles. The molecule has 2 atom stereocenters. The number of aromatic hydroxyl groups is 2. The third kappa shape index (κ3) is 6.86. The van der Waals surface area contributed by atoms with Crippen molar-refractivity contribution in [1.29, 1.82) is 0 Å². The van der Waals surface area contributed by atoms with E-state index in [4.69, 9.17) is 0 Å². The van der Waals surface area contributed by atoms with Gasteiger partial charge in [0, 0.05) is 58.1 Å². The molecule has 5 aromatic carbocycles. The van der Waals surface area contributed by atoms with Gasteiger partial charge in [0.15, 0.2) is 46.0 Å². The predicted molar refractivity (Wildman–Crippen MR) is 220 cm³/mol. The zero-order chi connectivity index (χ0) is 41.7. The minimum absolute atomic E-state index is 0. The molecule has 61 heavy (non-hydrogen) atoms. The maximum atomic E-state index is 13.1. The molecule has 7 aromatic rings. The molecular formula is C46H28N6O8Zn. The van der Waals surface area contributed by atoms with Crippen molar-refractivity contribution < 1.29 is 48.9 Å². The number of Topliss-reactive ketones (excluding diaryl/α,β-unsaturated/α-hetero) is 2. The fourth-order valence-electron chi connectivity index (χ4n) is 7.60. The summed E-state index contributed by atoms with van der Waals surface area (Å²) in [6.45, 7) is 0. The van der Waals surface area contributed by atoms with Gasteiger partial charge in [-0.05, 0) is 36.4 Å². The number of rotatable bonds is 4. The third-order valence-electron chi connectivity index (χ3n) is 10.5. The minimum atomic E-state index is -0.817. The van der Waals surface area contributed by atoms with E-state index < -0.39 is 23.0 Å². The summed E-state index contributed by atoms with van der Waals surface area (Å²) in [5.74, 6) is -3.08. The van der Waals surface area contributed by atoms with Crippen LogP contribution in [0.4, 0.5) is 17.1 Å². The Morgan fingerprint density at radius 2 is 0.984 bits per heavy atom. The van der Waals surface area contributed by atoms with Gasteiger partial charge < -0.3 is 20.2 Å². The van der Waals surface area contributed by atoms with Crippen LogP contribution in [-0.2, 0) is 19.5 Å². The van der Waals surface area contributed by atoms with Crippen LogP contribution >= 0.6 is 0 Å². The van der Waals surface area contributed by atoms with Gasteiger partial charge in [0.05, 0.1) is 39.8 Å². The molecule has 0 amide bonds. The number of ketones is 4. The topological polar surface area (TPSA) is 224 Å². The Kier molecular flexibility index (Phi) is 10.5. The number of benzene rings is 5. The van der Waals surface area contributed by atoms with E-state index in [9.17, 15) is 39.0 Å². The Balaban J connectivity index is 0.000000166. The quantitative estimate of drug-likeness (QED) is 0.0989. The summed E-state index contributed by atoms with van der Waals surface area (Å²) in [4.78, 5) is 81.8. The zero-order valence-electron chi connectivity index (χ0n) is 31.7. The van der Waals surface area contributed by atoms with E-state index in [0.29, 0.717) is 44.1 Å². The van der Waals surface area contributed by atoms with Crippen molar-refractivity contribution in [2.75, 3.05) is 0 Å². The van der Waals surface area contributed by atoms with Gasteiger partial charge in [-0.25, -0.2) is 0 Å². The van der Waals surface area contributed by atoms with E-state index in [1.54, 1.807) is 127 Å². The number of pyridine rings is 2. The number of nitrogens with one attached hydrogen (secondary N) is 2. The minimum Gasteiger partial charge on any atom is -0.505 e. The third-order valence-corrected chi connectivity index (χ3v) is 10.5. The first-order valence-corrected chi connectivity index (χ1v) is 18.5. The van der Waals surface area contributed by atoms with Gasteiger partial charge in [0.2, 0.25) is 0 Å². The fourth-order valence-corrected chi connectivity index (χ4v) is 7.60. The zero-order valence-corrected chi connectivity index (χ0v) is 34.7. The van der Waals surface area contributed by atoms with Crippen molar-refractivity contribution in [2.45, 2.75) is 0 Å². The van der Waals surface area contributed by atoms with Gasteiger partial charge in [-0.3, -0.25) is 28.8 Å². The molecule has 15 heteroatoms. The van der Waals surface area contributed by atoms with Crippen molar-refractivity contribution in [2.24, 2.45) is 32.3 Å². The van der Waals surface area contributed by atoms with E-state index in [-0.39, 0.29) is 88.0 Å². The molecular weight excluding hydrogens is 830 g/mol. The van der Waals surface area contributed by atoms with Gasteiger partial charge >= 0.3 is 0 Å². The summed E-state index contributed by atoms with van der Waals surface area (Å²) in [6.07, 6.45) is 4.93. The summed E-state index contributed by atoms with van der Waals surface area (Å²) in [5, 5.41) is 37.8. The number of aromatic nitrogens is 2. The van der Waals surface area contributed by atoms with E-state index >= 15 is 0 Å². The largest absolute Gasteiger partial charge is 0.505 e. The second kappa shape index (κ2) is 16.0. The van der Waals surface area contributed by atoms with Crippen molar-refractivity contribution in [3.8, 4) is 11.5 Å². The molecule has 2 heterocycles. The average Bonchev–Trinajstić information content (AvgIpc) is 3.27. The van der Waals surface area contributed by atoms with Gasteiger partial charge in [0.25, 0.3) is 11.1 Å². The molecule has 3 aliphatic carbocycles. The molecule has 4 N–H and O–H groups in total. The molecule has 292 valence electrons. The first kappa shape index (κ1) is 39.9. The van der Waals surface area contributed by atoms with Crippen LogP contribution in [0.1, 0.15) is 52.6 Å². The van der Waals surface area contributed by atoms with Crippen molar-refractivity contribution in [1.82, 2.24) is 9.97 Å². The van der Waals surface area contributed by atoms with Gasteiger partial charge in [0.1, 0.15) is 0 Å². The normalized spacial score (nSPS) is 16.4. The first-order chi connectivity index (χ1) is 29.1. The average molecular weight is 858 g/mol. The maximum Gasteiger partial charge on any atom is 0.280 e. The van der Waals surface area contributed by atoms with Crippen LogP contribution in [0.3, 0.4) is 0 Å². The number of allylic oxidation sites excluding steroid dienone is 4. The Bertz CT molecular complexity index is 3290. The number of hydrogen-bond acceptors (Lipinski definition) is 12. The van der Waals surface area contributed by atoms with Gasteiger partial charge in [-0.15, -0.1) is 15.3 Å². The van der Waals surface area contributed by atoms with E-state index in [1.807, 2.05) is 0 Å². The van der Waals surface area contributed by atoms with Crippen molar-refractivity contribution in [3.05, 3.63) is 193 Å². The smallest absolute Gasteiger partial charge is 0.280 e. The van der Waals surface area contributed by atoms with Crippen LogP contribution in [-0.4, -0.2) is 43.3 Å². The number of nitrogens with zero attached hydrogens (tertiary/aromatic N) is 4. The molecule has 2 unspecified atom stereocenters. The first-order valence-electron chi connectivity index (χ1n) is 18.5. The number of hydrogen-bond donors (Lipinski definition) is 4. The van der Waals surface area contributed by atoms with Crippen molar-refractivity contribution in [3.63, 3.8) is 0 Å². The summed E-state index contributed by atoms with van der Waals surface area (Å²) >= 11 is 0. The number of azo groups is 2. The van der Waals surface area contributed by atoms with E-state index in [2.05, 4.69) is 30.4 Å². The summed E-state index contributed by atoms with van der Waals surface area (Å²) in [5.41, 5.74) is 1.35. The molecule has 0 spiro atoms. The molecule has 0 saturated heterocycles. The number of H-pyrrole nitrogens is 2. The monoisotopic (exact) mass is 856 g/mol. The van der Waals surface area contributed by atoms with Crippen LogP contribution in [0.15, 0.2) is 169 Å². The molecule has 0 bridgehead atoms. The number of carbonyl (C=O) groups excluding carboxylic acids is 4. The summed E-state index contributed by atoms with van der Waals surface area (Å²) in [6, 6.07) is 31.5. The number of aromatic amines is 2. The van der Waals surface area contributed by atoms with Gasteiger partial charge in [-0.2, -0.15) is 5.11 Å². The Morgan fingerprint density at radius 3 is 1.59 bits per heavy atom. The van der Waals surface area contributed by atoms with Crippen LogP contribution in [0.25, 0.3) is 21.8 Å². The van der Waals surface area contributed by atoms with Crippen LogP contribution < -0.4 is 11.1 Å². The molecule has 14 nitrogen and oxygen atoms in total. The molecule has 3 aliphatic rings. The molecule has 0 saturated carbocycles. The Morgan fingerprint density at radius 1 is 0.492 bits per heavy atom. The fraction of sp³-hybridized carbons (Fsp3) is 0.0435. The number of carbonyl (C=O) groups is 4. The SMILES string of the molecule is O=C1c2ccccc2C(=O)C2C(N=Nc3c(O)c4ccccc4[nH]c3=O)=CC=CC12.O=C1c2ccccc2C(=O)c2c(N=Nc3c(O)c4ccccc4[nH]c3=O)cccc21.[Zn]. The number of fused-ring (bicyclic) bond motifs is 6. The molecule has 10 rings (SSSR count). The molecule has 0 radical (unpaired) electrons. The van der Waals surface area contributed by atoms with Crippen LogP contribution in [0.5, 0.6) is 11.5 Å². The van der Waals surface area contributed by atoms with Gasteiger partial charge in [-0.1, -0.05) is 97.1 Å². The Labute approximate surface area is 356 Å². The second-order valence-electron chi connectivity index (χ2n) is 14.0.